The van der Waals surface area contributed by atoms with E-state index in [0.29, 0.717) is 22.7 Å². The fourth-order valence-corrected chi connectivity index (χ4v) is 5.34. The van der Waals surface area contributed by atoms with Crippen molar-refractivity contribution in [1.82, 2.24) is 14.5 Å². The molecule has 0 radical (unpaired) electrons. The molecule has 0 saturated carbocycles. The molecule has 1 amide bonds. The van der Waals surface area contributed by atoms with E-state index in [9.17, 15) is 9.59 Å². The largest absolute Gasteiger partial charge is 0.419 e. The molecule has 1 aliphatic heterocycles. The summed E-state index contributed by atoms with van der Waals surface area (Å²) in [6.07, 6.45) is 2.25. The number of aryl methyl sites for hydroxylation is 1. The van der Waals surface area contributed by atoms with E-state index in [2.05, 4.69) is 6.07 Å². The van der Waals surface area contributed by atoms with Gasteiger partial charge in [0, 0.05) is 43.1 Å². The van der Waals surface area contributed by atoms with Gasteiger partial charge in [-0.3, -0.25) is 9.36 Å². The maximum absolute atomic E-state index is 12.9. The Morgan fingerprint density at radius 3 is 3.00 bits per heavy atom. The standard InChI is InChI=1S/C22H20ClN3O3S/c23-15-7-8-17-18(12-15)29-22(28)26(17)11-9-20(27)25-10-3-4-14(13-25)21-24-16-5-1-2-6-19(16)30-21/h1-2,5-8,12,14H,3-4,9-11,13H2/t14-/m1/s1. The van der Waals surface area contributed by atoms with Crippen LogP contribution in [0.1, 0.15) is 30.2 Å². The summed E-state index contributed by atoms with van der Waals surface area (Å²) in [5, 5.41) is 1.61. The molecular formula is C22H20ClN3O3S. The fourth-order valence-electron chi connectivity index (χ4n) is 4.09. The van der Waals surface area contributed by atoms with Gasteiger partial charge in [-0.1, -0.05) is 23.7 Å². The number of hydrogen-bond acceptors (Lipinski definition) is 5. The van der Waals surface area contributed by atoms with Crippen LogP contribution in [0.25, 0.3) is 21.3 Å². The molecule has 8 heteroatoms. The minimum atomic E-state index is -0.467. The Morgan fingerprint density at radius 1 is 1.27 bits per heavy atom. The number of oxazole rings is 1. The number of nitrogens with zero attached hydrogens (tertiary/aromatic N) is 3. The molecule has 4 aromatic rings. The van der Waals surface area contributed by atoms with Gasteiger partial charge >= 0.3 is 5.76 Å². The van der Waals surface area contributed by atoms with Crippen molar-refractivity contribution >= 4 is 50.2 Å². The first kappa shape index (κ1) is 19.3. The zero-order valence-corrected chi connectivity index (χ0v) is 17.8. The van der Waals surface area contributed by atoms with Crippen molar-refractivity contribution in [2.45, 2.75) is 31.7 Å². The predicted octanol–water partition coefficient (Wildman–Crippen LogP) is 4.65. The number of piperidine rings is 1. The first-order valence-electron chi connectivity index (χ1n) is 10.0. The molecule has 30 heavy (non-hydrogen) atoms. The van der Waals surface area contributed by atoms with Gasteiger partial charge < -0.3 is 9.32 Å². The molecular weight excluding hydrogens is 422 g/mol. The summed E-state index contributed by atoms with van der Waals surface area (Å²) in [7, 11) is 0. The summed E-state index contributed by atoms with van der Waals surface area (Å²) < 4.78 is 7.93. The summed E-state index contributed by atoms with van der Waals surface area (Å²) in [6, 6.07) is 13.2. The van der Waals surface area contributed by atoms with E-state index in [0.717, 1.165) is 29.9 Å². The number of para-hydroxylation sites is 1. The van der Waals surface area contributed by atoms with Crippen molar-refractivity contribution in [3.05, 3.63) is 63.0 Å². The third-order valence-electron chi connectivity index (χ3n) is 5.61. The highest BCUT2D eigenvalue weighted by atomic mass is 35.5. The molecule has 2 aromatic heterocycles. The first-order chi connectivity index (χ1) is 14.6. The SMILES string of the molecule is O=C(CCn1c(=O)oc2cc(Cl)ccc21)N1CCC[C@@H](c2nc3ccccc3s2)C1. The van der Waals surface area contributed by atoms with E-state index in [4.69, 9.17) is 21.0 Å². The summed E-state index contributed by atoms with van der Waals surface area (Å²) in [5.41, 5.74) is 2.12. The van der Waals surface area contributed by atoms with Crippen molar-refractivity contribution in [2.24, 2.45) is 0 Å². The van der Waals surface area contributed by atoms with Gasteiger partial charge in [0.05, 0.1) is 20.7 Å². The van der Waals surface area contributed by atoms with Crippen LogP contribution in [0.2, 0.25) is 5.02 Å². The summed E-state index contributed by atoms with van der Waals surface area (Å²) >= 11 is 7.68. The van der Waals surface area contributed by atoms with Gasteiger partial charge in [-0.2, -0.15) is 0 Å². The third kappa shape index (κ3) is 3.63. The van der Waals surface area contributed by atoms with Crippen molar-refractivity contribution in [1.29, 1.82) is 0 Å². The topological polar surface area (TPSA) is 68.3 Å². The maximum atomic E-state index is 12.9. The lowest BCUT2D eigenvalue weighted by molar-refractivity contribution is -0.132. The van der Waals surface area contributed by atoms with Gasteiger partial charge in [0.1, 0.15) is 0 Å². The van der Waals surface area contributed by atoms with Crippen LogP contribution in [0.4, 0.5) is 0 Å². The number of likely N-dealkylation sites (tertiary alicyclic amines) is 1. The van der Waals surface area contributed by atoms with E-state index in [1.54, 1.807) is 29.5 Å². The van der Waals surface area contributed by atoms with Crippen LogP contribution in [0.3, 0.4) is 0 Å². The minimum absolute atomic E-state index is 0.0519. The van der Waals surface area contributed by atoms with Gasteiger partial charge in [0.25, 0.3) is 0 Å². The van der Waals surface area contributed by atoms with Gasteiger partial charge in [-0.05, 0) is 37.1 Å². The zero-order valence-electron chi connectivity index (χ0n) is 16.2. The molecule has 154 valence electrons. The summed E-state index contributed by atoms with van der Waals surface area (Å²) in [4.78, 5) is 31.8. The van der Waals surface area contributed by atoms with Crippen molar-refractivity contribution in [3.63, 3.8) is 0 Å². The lowest BCUT2D eigenvalue weighted by Gasteiger charge is -2.32. The van der Waals surface area contributed by atoms with E-state index >= 15 is 0 Å². The van der Waals surface area contributed by atoms with E-state index in [1.807, 2.05) is 23.1 Å². The predicted molar refractivity (Wildman–Crippen MR) is 118 cm³/mol. The second-order valence-electron chi connectivity index (χ2n) is 7.58. The lowest BCUT2D eigenvalue weighted by atomic mass is 9.98. The van der Waals surface area contributed by atoms with Crippen LogP contribution in [0.15, 0.2) is 51.7 Å². The molecule has 1 aliphatic rings. The Balaban J connectivity index is 1.28. The number of carbonyl (C=O) groups excluding carboxylic acids is 1. The number of amides is 1. The second kappa shape index (κ2) is 7.89. The Bertz CT molecular complexity index is 1260. The average Bonchev–Trinajstić information content (AvgIpc) is 3.32. The molecule has 0 N–H and O–H groups in total. The highest BCUT2D eigenvalue weighted by molar-refractivity contribution is 7.18. The monoisotopic (exact) mass is 441 g/mol. The Kier molecular flexibility index (Phi) is 5.08. The molecule has 0 bridgehead atoms. The molecule has 0 unspecified atom stereocenters. The molecule has 3 heterocycles. The fraction of sp³-hybridized carbons (Fsp3) is 0.318. The van der Waals surface area contributed by atoms with Crippen LogP contribution in [-0.2, 0) is 11.3 Å². The van der Waals surface area contributed by atoms with Crippen LogP contribution < -0.4 is 5.76 Å². The molecule has 1 fully saturated rings. The van der Waals surface area contributed by atoms with Gasteiger partial charge in [0.15, 0.2) is 5.58 Å². The lowest BCUT2D eigenvalue weighted by Crippen LogP contribution is -2.39. The number of aromatic nitrogens is 2. The maximum Gasteiger partial charge on any atom is 0.419 e. The quantitative estimate of drug-likeness (QED) is 0.462. The molecule has 1 atom stereocenters. The zero-order chi connectivity index (χ0) is 20.7. The number of fused-ring (bicyclic) bond motifs is 2. The molecule has 0 spiro atoms. The Hall–Kier alpha value is -2.64. The third-order valence-corrected chi connectivity index (χ3v) is 7.05. The number of rotatable bonds is 4. The summed E-state index contributed by atoms with van der Waals surface area (Å²) in [6.45, 7) is 1.71. The van der Waals surface area contributed by atoms with Crippen molar-refractivity contribution < 1.29 is 9.21 Å². The second-order valence-corrected chi connectivity index (χ2v) is 9.08. The first-order valence-corrected chi connectivity index (χ1v) is 11.2. The highest BCUT2D eigenvalue weighted by Crippen LogP contribution is 2.33. The highest BCUT2D eigenvalue weighted by Gasteiger charge is 2.27. The minimum Gasteiger partial charge on any atom is -0.408 e. The molecule has 6 nitrogen and oxygen atoms in total. The molecule has 1 saturated heterocycles. The van der Waals surface area contributed by atoms with E-state index in [1.165, 1.54) is 9.27 Å². The number of hydrogen-bond donors (Lipinski definition) is 0. The van der Waals surface area contributed by atoms with Gasteiger partial charge in [0.2, 0.25) is 5.91 Å². The Labute approximate surface area is 181 Å². The van der Waals surface area contributed by atoms with Crippen LogP contribution in [0, 0.1) is 0 Å². The average molecular weight is 442 g/mol. The van der Waals surface area contributed by atoms with Crippen LogP contribution in [-0.4, -0.2) is 33.4 Å². The normalized spacial score (nSPS) is 17.1. The van der Waals surface area contributed by atoms with Crippen LogP contribution in [0.5, 0.6) is 0 Å². The van der Waals surface area contributed by atoms with Crippen molar-refractivity contribution in [2.75, 3.05) is 13.1 Å². The van der Waals surface area contributed by atoms with Crippen LogP contribution >= 0.6 is 22.9 Å². The number of thiazole rings is 1. The molecule has 2 aromatic carbocycles. The van der Waals surface area contributed by atoms with Crippen molar-refractivity contribution in [3.8, 4) is 0 Å². The van der Waals surface area contributed by atoms with E-state index in [-0.39, 0.29) is 24.8 Å². The number of benzene rings is 2. The summed E-state index contributed by atoms with van der Waals surface area (Å²) in [5.74, 6) is -0.151. The molecule has 5 rings (SSSR count). The number of halogens is 1. The molecule has 0 aliphatic carbocycles. The number of carbonyl (C=O) groups is 1. The van der Waals surface area contributed by atoms with Gasteiger partial charge in [-0.25, -0.2) is 9.78 Å². The Morgan fingerprint density at radius 2 is 2.13 bits per heavy atom. The van der Waals surface area contributed by atoms with E-state index < -0.39 is 5.76 Å². The van der Waals surface area contributed by atoms with Gasteiger partial charge in [-0.15, -0.1) is 11.3 Å². The smallest absolute Gasteiger partial charge is 0.408 e.